The van der Waals surface area contributed by atoms with Crippen molar-refractivity contribution >= 4 is 184 Å². The summed E-state index contributed by atoms with van der Waals surface area (Å²) >= 11 is 42.1. The molecule has 16 rings (SSSR count). The van der Waals surface area contributed by atoms with Crippen molar-refractivity contribution < 1.29 is 33.3 Å². The molecule has 0 aliphatic heterocycles. The van der Waals surface area contributed by atoms with Gasteiger partial charge >= 0.3 is 6.03 Å². The van der Waals surface area contributed by atoms with Crippen LogP contribution in [0.1, 0.15) is 79.0 Å². The quantitative estimate of drug-likeness (QED) is 0.0445. The van der Waals surface area contributed by atoms with Crippen LogP contribution in [0.4, 0.5) is 38.9 Å². The van der Waals surface area contributed by atoms with Crippen LogP contribution in [0.25, 0.3) is 34.1 Å². The van der Waals surface area contributed by atoms with Gasteiger partial charge in [-0.3, -0.25) is 58.8 Å². The topological polar surface area (TPSA) is 393 Å². The number of nitriles is 1. The molecule has 0 bridgehead atoms. The lowest BCUT2D eigenvalue weighted by molar-refractivity contribution is -0.121. The third-order valence-corrected chi connectivity index (χ3v) is 25.6. The fourth-order valence-electron chi connectivity index (χ4n) is 13.4. The van der Waals surface area contributed by atoms with Crippen LogP contribution < -0.4 is 34.7 Å². The summed E-state index contributed by atoms with van der Waals surface area (Å²) in [5, 5.41) is 49.0. The Morgan fingerprint density at radius 3 is 1.14 bits per heavy atom. The number of carbonyl (C=O) groups excluding carboxylic acids is 6. The number of hydrogen-bond acceptors (Lipinski definition) is 26. The van der Waals surface area contributed by atoms with Gasteiger partial charge in [-0.1, -0.05) is 98.4 Å². The van der Waals surface area contributed by atoms with E-state index < -0.39 is 10.7 Å². The number of nitrogens with one attached hydrogen (secondary N) is 1. The summed E-state index contributed by atoms with van der Waals surface area (Å²) in [7, 11) is 2.76. The summed E-state index contributed by atoms with van der Waals surface area (Å²) in [6.45, 7) is 19.6. The Balaban J connectivity index is 0.000000159. The van der Waals surface area contributed by atoms with Gasteiger partial charge < -0.3 is 34.3 Å². The number of amides is 7. The van der Waals surface area contributed by atoms with Crippen LogP contribution >= 0.6 is 104 Å². The standard InChI is InChI=1S/C17H18ClN5OS.C16H16ClN5O2.2C16H15ClN4OS.C15H17ClN6OS.C12H14ClN5O/c1-4-22(16(24)8-14-11(2)25-12(3)20-14)15-10-23(21-17(15)18)13-6-5-7-19-9-13;1-3-21(15(23)8-13-7-11(2)20-24-13)14-10-22(19-16(14)17)12-5-4-6-18-9-12;1-2-20(15(22)9-13-6-4-8-23-13)14-11-21(19-16(14)17)12-5-3-7-18-10-12;1-2-20(15(22)8-12-5-7-23-11-12)14-10-21(19-16(14)17)13-4-3-6-18-9-13;1-11(9-24(3)19-10-17)15(23)21(2)13-8-22(20-14(13)16)12-5-4-6-18-7-12;1-3-17(12(19)14-2)10-8-18(16-11(10)13)9-5-4-6-15-7-9/h5-7,9-10H,4,8H2,1-3H3;4-7,9-10H,3,8H2,1-2H3;3-8,10-11H,2,9H2,1H3;3-7,9-11H,2,8H2,1H3;4-8,11H,9H2,1-3H3;4-8H,3H2,1-2H3,(H,14,19). The van der Waals surface area contributed by atoms with E-state index in [4.69, 9.17) is 79.4 Å². The average molecular weight is 2060 g/mol. The van der Waals surface area contributed by atoms with Crippen molar-refractivity contribution in [3.63, 3.8) is 0 Å². The minimum Gasteiger partial charge on any atom is -0.361 e. The van der Waals surface area contributed by atoms with Gasteiger partial charge in [-0.15, -0.1) is 22.7 Å². The van der Waals surface area contributed by atoms with E-state index in [1.807, 2.05) is 158 Å². The van der Waals surface area contributed by atoms with Gasteiger partial charge in [0.2, 0.25) is 35.7 Å². The second-order valence-electron chi connectivity index (χ2n) is 29.5. The molecule has 0 radical (unpaired) electrons. The van der Waals surface area contributed by atoms with Gasteiger partial charge in [0.1, 0.15) is 39.9 Å². The highest BCUT2D eigenvalue weighted by Gasteiger charge is 2.29. The number of hydrogen-bond donors (Lipinski definition) is 1. The van der Waals surface area contributed by atoms with Crippen molar-refractivity contribution in [2.45, 2.75) is 88.0 Å². The van der Waals surface area contributed by atoms with Crippen molar-refractivity contribution in [1.29, 1.82) is 5.26 Å². The van der Waals surface area contributed by atoms with E-state index in [0.29, 0.717) is 102 Å². The first-order valence-electron chi connectivity index (χ1n) is 42.6. The van der Waals surface area contributed by atoms with Gasteiger partial charge in [0.25, 0.3) is 0 Å². The van der Waals surface area contributed by atoms with E-state index in [-0.39, 0.29) is 74.9 Å². The first kappa shape index (κ1) is 105. The number of urea groups is 1. The van der Waals surface area contributed by atoms with E-state index in [2.05, 4.69) is 80.3 Å². The lowest BCUT2D eigenvalue weighted by Crippen LogP contribution is -2.37. The molecule has 0 saturated heterocycles. The molecule has 138 heavy (non-hydrogen) atoms. The van der Waals surface area contributed by atoms with Gasteiger partial charge in [0, 0.05) is 111 Å². The van der Waals surface area contributed by atoms with Crippen LogP contribution in [0.15, 0.2) is 234 Å². The Morgan fingerprint density at radius 1 is 0.486 bits per heavy atom. The van der Waals surface area contributed by atoms with E-state index >= 15 is 0 Å². The van der Waals surface area contributed by atoms with Crippen molar-refractivity contribution in [2.75, 3.05) is 88.2 Å². The largest absolute Gasteiger partial charge is 0.361 e. The summed E-state index contributed by atoms with van der Waals surface area (Å²) in [6.07, 6.45) is 35.2. The molecule has 0 aromatic carbocycles. The zero-order valence-corrected chi connectivity index (χ0v) is 84.6. The van der Waals surface area contributed by atoms with Crippen molar-refractivity contribution in [3.8, 4) is 40.3 Å². The maximum absolute atomic E-state index is 12.8. The van der Waals surface area contributed by atoms with Crippen LogP contribution in [0.3, 0.4) is 0 Å². The minimum atomic E-state index is -0.469. The predicted octanol–water partition coefficient (Wildman–Crippen LogP) is 18.1. The van der Waals surface area contributed by atoms with Crippen LogP contribution in [0, 0.1) is 38.1 Å². The number of likely N-dealkylation sites (N-methyl/N-ethyl adjacent to an activating group) is 4. The summed E-state index contributed by atoms with van der Waals surface area (Å²) in [5.74, 6) is 0.469. The Bertz CT molecular complexity index is 6600. The molecule has 16 heterocycles. The lowest BCUT2D eigenvalue weighted by atomic mass is 10.2. The molecule has 2 atom stereocenters. The minimum absolute atomic E-state index is 0.00135. The zero-order chi connectivity index (χ0) is 99.1. The van der Waals surface area contributed by atoms with Crippen LogP contribution in [0.2, 0.25) is 30.9 Å². The highest BCUT2D eigenvalue weighted by atomic mass is 35.5. The van der Waals surface area contributed by atoms with Crippen LogP contribution in [-0.4, -0.2) is 193 Å². The molecule has 2 unspecified atom stereocenters. The smallest absolute Gasteiger partial charge is 0.321 e. The highest BCUT2D eigenvalue weighted by molar-refractivity contribution is 7.86. The van der Waals surface area contributed by atoms with E-state index in [1.165, 1.54) is 9.80 Å². The molecule has 16 aromatic heterocycles. The van der Waals surface area contributed by atoms with Crippen LogP contribution in [0.5, 0.6) is 0 Å². The first-order chi connectivity index (χ1) is 66.5. The van der Waals surface area contributed by atoms with Gasteiger partial charge in [0.05, 0.1) is 151 Å². The fraction of sp³-hybridized carbons (Fsp3) is 0.250. The Morgan fingerprint density at radius 2 is 0.841 bits per heavy atom. The monoisotopic (exact) mass is 2060 g/mol. The molecular weight excluding hydrogens is 1960 g/mol. The molecular formula is C92H95Cl6N29O7S4. The molecule has 0 aliphatic rings. The number of aryl methyl sites for hydroxylation is 3. The second kappa shape index (κ2) is 51.5. The SMILES string of the molecule is CC(CS(C)=NC#N)C(=O)N(C)c1cn(-c2cccnc2)nc1Cl.CCN(C(=O)Cc1cc(C)no1)c1cn(-c2cccnc2)nc1Cl.CCN(C(=O)Cc1cccs1)c1cn(-c2cccnc2)nc1Cl.CCN(C(=O)Cc1ccsc1)c1cn(-c2cccnc2)nc1Cl.CCN(C(=O)Cc1nc(C)sc1C)c1cn(-c2cccnc2)nc1Cl.CCN(C(=O)NC)c1cn(-c2cccnc2)nc1Cl. The van der Waals surface area contributed by atoms with Crippen LogP contribution in [-0.2, 0) is 60.3 Å². The molecule has 0 spiro atoms. The molecule has 716 valence electrons. The molecule has 1 N–H and O–H groups in total. The highest BCUT2D eigenvalue weighted by Crippen LogP contribution is 2.34. The summed E-state index contributed by atoms with van der Waals surface area (Å²) < 4.78 is 18.5. The molecule has 36 nitrogen and oxygen atoms in total. The number of rotatable bonds is 28. The number of nitrogens with zero attached hydrogens (tertiary/aromatic N) is 28. The number of halogens is 6. The van der Waals surface area contributed by atoms with E-state index in [9.17, 15) is 28.8 Å². The van der Waals surface area contributed by atoms with Crippen molar-refractivity contribution in [1.82, 2.24) is 104 Å². The maximum atomic E-state index is 12.8. The molecule has 46 heteroatoms. The number of thiophene rings is 2. The third-order valence-electron chi connectivity index (χ3n) is 20.0. The fourth-order valence-corrected chi connectivity index (χ4v) is 18.1. The second-order valence-corrected chi connectivity index (χ2v) is 36.5. The zero-order valence-electron chi connectivity index (χ0n) is 76.8. The predicted molar refractivity (Wildman–Crippen MR) is 543 cm³/mol. The number of pyridine rings is 6. The maximum Gasteiger partial charge on any atom is 0.321 e. The Hall–Kier alpha value is -13.6. The normalized spacial score (nSPS) is 11.1. The number of aromatic nitrogens is 20. The number of carbonyl (C=O) groups is 6. The molecule has 0 aliphatic carbocycles. The van der Waals surface area contributed by atoms with Gasteiger partial charge in [-0.25, -0.2) is 37.9 Å². The molecule has 7 amide bonds. The number of anilines is 6. The van der Waals surface area contributed by atoms with Gasteiger partial charge in [-0.2, -0.15) is 51.6 Å². The Kier molecular flexibility index (Phi) is 39.2. The summed E-state index contributed by atoms with van der Waals surface area (Å²) in [6, 6.07) is 29.4. The van der Waals surface area contributed by atoms with Crippen molar-refractivity contribution in [2.24, 2.45) is 10.3 Å². The van der Waals surface area contributed by atoms with Gasteiger partial charge in [-0.05, 0) is 168 Å². The van der Waals surface area contributed by atoms with E-state index in [0.717, 1.165) is 65.8 Å². The molecule has 16 aromatic rings. The Labute approximate surface area is 840 Å². The van der Waals surface area contributed by atoms with Gasteiger partial charge in [0.15, 0.2) is 30.9 Å². The molecule has 0 fully saturated rings. The van der Waals surface area contributed by atoms with E-state index in [1.54, 1.807) is 238 Å². The van der Waals surface area contributed by atoms with Crippen molar-refractivity contribution in [3.05, 3.63) is 293 Å². The average Bonchev–Trinajstić information content (AvgIpc) is 1.67. The lowest BCUT2D eigenvalue weighted by Gasteiger charge is -2.20. The summed E-state index contributed by atoms with van der Waals surface area (Å²) in [4.78, 5) is 115. The third kappa shape index (κ3) is 28.3. The molecule has 0 saturated carbocycles. The number of thiazole rings is 1. The first-order valence-corrected chi connectivity index (χ1v) is 49.2. The summed E-state index contributed by atoms with van der Waals surface area (Å²) in [5.41, 5.74) is 10.7.